The summed E-state index contributed by atoms with van der Waals surface area (Å²) in [7, 11) is 0. The molecule has 0 atom stereocenters. The summed E-state index contributed by atoms with van der Waals surface area (Å²) in [6.07, 6.45) is 1.98. The Labute approximate surface area is 112 Å². The third-order valence-electron chi connectivity index (χ3n) is 3.24. The van der Waals surface area contributed by atoms with E-state index in [2.05, 4.69) is 24.3 Å². The van der Waals surface area contributed by atoms with Crippen LogP contribution in [-0.4, -0.2) is 0 Å². The van der Waals surface area contributed by atoms with E-state index in [0.717, 1.165) is 10.8 Å². The quantitative estimate of drug-likeness (QED) is 0.638. The first-order chi connectivity index (χ1) is 9.38. The van der Waals surface area contributed by atoms with Crippen LogP contribution in [0.3, 0.4) is 0 Å². The predicted octanol–water partition coefficient (Wildman–Crippen LogP) is 3.05. The highest BCUT2D eigenvalue weighted by Crippen LogP contribution is 2.14. The first-order valence-electron chi connectivity index (χ1n) is 6.24. The fourth-order valence-corrected chi connectivity index (χ4v) is 2.29. The molecule has 19 heavy (non-hydrogen) atoms. The van der Waals surface area contributed by atoms with Crippen molar-refractivity contribution in [1.29, 1.82) is 5.26 Å². The number of aromatic nitrogens is 1. The van der Waals surface area contributed by atoms with Crippen molar-refractivity contribution in [2.24, 2.45) is 0 Å². The molecule has 0 aliphatic rings. The van der Waals surface area contributed by atoms with Crippen LogP contribution in [0.25, 0.3) is 10.8 Å². The number of hydrogen-bond acceptors (Lipinski definition) is 1. The largest absolute Gasteiger partial charge is 0.291 e. The Kier molecular flexibility index (Phi) is 2.96. The van der Waals surface area contributed by atoms with Gasteiger partial charge in [-0.25, -0.2) is 0 Å². The Bertz CT molecular complexity index is 755. The van der Waals surface area contributed by atoms with Gasteiger partial charge in [0.15, 0.2) is 18.8 Å². The van der Waals surface area contributed by atoms with E-state index >= 15 is 0 Å². The molecule has 0 radical (unpaired) electrons. The molecule has 0 saturated carbocycles. The van der Waals surface area contributed by atoms with E-state index in [1.54, 1.807) is 0 Å². The van der Waals surface area contributed by atoms with Gasteiger partial charge in [-0.05, 0) is 11.5 Å². The van der Waals surface area contributed by atoms with Crippen molar-refractivity contribution in [3.05, 3.63) is 78.1 Å². The molecule has 3 aromatic rings. The van der Waals surface area contributed by atoms with Crippen molar-refractivity contribution in [1.82, 2.24) is 0 Å². The van der Waals surface area contributed by atoms with E-state index in [1.807, 2.05) is 53.2 Å². The topological polar surface area (TPSA) is 27.7 Å². The van der Waals surface area contributed by atoms with Crippen LogP contribution in [-0.2, 0) is 6.54 Å². The van der Waals surface area contributed by atoms with E-state index in [0.29, 0.717) is 12.2 Å². The van der Waals surface area contributed by atoms with Gasteiger partial charge in [-0.15, -0.1) is 0 Å². The molecule has 1 aromatic heterocycles. The second-order valence-corrected chi connectivity index (χ2v) is 4.48. The molecule has 90 valence electrons. The van der Waals surface area contributed by atoms with Gasteiger partial charge < -0.3 is 0 Å². The summed E-state index contributed by atoms with van der Waals surface area (Å²) in [4.78, 5) is 0. The van der Waals surface area contributed by atoms with Gasteiger partial charge >= 0.3 is 0 Å². The summed E-state index contributed by atoms with van der Waals surface area (Å²) in [6.45, 7) is 0.717. The molecular weight excluding hydrogens is 232 g/mol. The van der Waals surface area contributed by atoms with Gasteiger partial charge in [-0.1, -0.05) is 48.5 Å². The zero-order valence-electron chi connectivity index (χ0n) is 10.5. The SMILES string of the molecule is N#Cc1c2ccccc2cc[n+]1Cc1ccccc1. The molecule has 0 bridgehead atoms. The standard InChI is InChI=1S/C17H13N2/c18-12-17-16-9-5-4-8-15(16)10-11-19(17)13-14-6-2-1-3-7-14/h1-11H,13H2/q+1. The predicted molar refractivity (Wildman–Crippen MR) is 74.4 cm³/mol. The monoisotopic (exact) mass is 245 g/mol. The number of fused-ring (bicyclic) bond motifs is 1. The molecule has 0 aliphatic heterocycles. The van der Waals surface area contributed by atoms with E-state index in [4.69, 9.17) is 0 Å². The summed E-state index contributed by atoms with van der Waals surface area (Å²) in [5.74, 6) is 0. The van der Waals surface area contributed by atoms with Crippen LogP contribution in [0.1, 0.15) is 11.3 Å². The number of nitrogens with zero attached hydrogens (tertiary/aromatic N) is 2. The summed E-state index contributed by atoms with van der Waals surface area (Å²) in [5, 5.41) is 11.5. The molecule has 2 nitrogen and oxygen atoms in total. The minimum absolute atomic E-state index is 0.710. The van der Waals surface area contributed by atoms with Gasteiger partial charge in [0, 0.05) is 11.6 Å². The molecule has 0 N–H and O–H groups in total. The van der Waals surface area contributed by atoms with E-state index < -0.39 is 0 Å². The number of hydrogen-bond donors (Lipinski definition) is 0. The molecule has 1 heterocycles. The van der Waals surface area contributed by atoms with Crippen molar-refractivity contribution in [2.75, 3.05) is 0 Å². The Morgan fingerprint density at radius 3 is 2.42 bits per heavy atom. The van der Waals surface area contributed by atoms with Gasteiger partial charge in [0.25, 0.3) is 5.69 Å². The Hall–Kier alpha value is -2.66. The average molecular weight is 245 g/mol. The second kappa shape index (κ2) is 4.91. The molecule has 0 spiro atoms. The van der Waals surface area contributed by atoms with Crippen LogP contribution >= 0.6 is 0 Å². The first-order valence-corrected chi connectivity index (χ1v) is 6.24. The minimum atomic E-state index is 0.710. The average Bonchev–Trinajstić information content (AvgIpc) is 2.48. The van der Waals surface area contributed by atoms with Crippen molar-refractivity contribution < 1.29 is 4.57 Å². The van der Waals surface area contributed by atoms with Crippen LogP contribution in [0.15, 0.2) is 66.9 Å². The lowest BCUT2D eigenvalue weighted by Crippen LogP contribution is -2.37. The summed E-state index contributed by atoms with van der Waals surface area (Å²) >= 11 is 0. The molecular formula is C17H13N2+. The van der Waals surface area contributed by atoms with E-state index in [-0.39, 0.29) is 0 Å². The lowest BCUT2D eigenvalue weighted by Gasteiger charge is -2.02. The smallest absolute Gasteiger partial charge is 0.186 e. The molecule has 0 fully saturated rings. The van der Waals surface area contributed by atoms with Crippen LogP contribution in [0.5, 0.6) is 0 Å². The highest BCUT2D eigenvalue weighted by atomic mass is 15.0. The number of nitriles is 1. The van der Waals surface area contributed by atoms with Gasteiger partial charge in [0.2, 0.25) is 0 Å². The van der Waals surface area contributed by atoms with Crippen molar-refractivity contribution in [2.45, 2.75) is 6.54 Å². The maximum Gasteiger partial charge on any atom is 0.291 e. The van der Waals surface area contributed by atoms with Crippen LogP contribution in [0.2, 0.25) is 0 Å². The third-order valence-corrected chi connectivity index (χ3v) is 3.24. The fraction of sp³-hybridized carbons (Fsp3) is 0.0588. The molecule has 0 amide bonds. The third kappa shape index (κ3) is 2.19. The summed E-state index contributed by atoms with van der Waals surface area (Å²) in [5.41, 5.74) is 1.90. The molecule has 0 aliphatic carbocycles. The molecule has 2 heteroatoms. The molecule has 3 rings (SSSR count). The van der Waals surface area contributed by atoms with Crippen molar-refractivity contribution in [3.8, 4) is 6.07 Å². The molecule has 2 aromatic carbocycles. The normalized spacial score (nSPS) is 10.3. The van der Waals surface area contributed by atoms with Crippen LogP contribution in [0.4, 0.5) is 0 Å². The number of pyridine rings is 1. The van der Waals surface area contributed by atoms with Crippen LogP contribution < -0.4 is 4.57 Å². The summed E-state index contributed by atoms with van der Waals surface area (Å²) in [6, 6.07) is 22.5. The highest BCUT2D eigenvalue weighted by molar-refractivity contribution is 5.85. The second-order valence-electron chi connectivity index (χ2n) is 4.48. The van der Waals surface area contributed by atoms with Gasteiger partial charge in [-0.2, -0.15) is 9.83 Å². The maximum absolute atomic E-state index is 9.42. The first kappa shape index (κ1) is 11.4. The Morgan fingerprint density at radius 2 is 1.63 bits per heavy atom. The zero-order valence-corrected chi connectivity index (χ0v) is 10.5. The van der Waals surface area contributed by atoms with E-state index in [1.165, 1.54) is 5.56 Å². The van der Waals surface area contributed by atoms with Gasteiger partial charge in [0.1, 0.15) is 0 Å². The van der Waals surface area contributed by atoms with Crippen molar-refractivity contribution >= 4 is 10.8 Å². The van der Waals surface area contributed by atoms with Gasteiger partial charge in [-0.3, -0.25) is 0 Å². The summed E-state index contributed by atoms with van der Waals surface area (Å²) < 4.78 is 2.00. The minimum Gasteiger partial charge on any atom is -0.186 e. The number of rotatable bonds is 2. The van der Waals surface area contributed by atoms with Crippen LogP contribution in [0, 0.1) is 11.3 Å². The molecule has 0 unspecified atom stereocenters. The van der Waals surface area contributed by atoms with E-state index in [9.17, 15) is 5.26 Å². The Morgan fingerprint density at radius 1 is 0.895 bits per heavy atom. The van der Waals surface area contributed by atoms with Crippen molar-refractivity contribution in [3.63, 3.8) is 0 Å². The Balaban J connectivity index is 2.12. The number of benzene rings is 2. The maximum atomic E-state index is 9.42. The molecule has 0 saturated heterocycles. The lowest BCUT2D eigenvalue weighted by atomic mass is 10.1. The highest BCUT2D eigenvalue weighted by Gasteiger charge is 2.14. The fourth-order valence-electron chi connectivity index (χ4n) is 2.29. The van der Waals surface area contributed by atoms with Gasteiger partial charge in [0.05, 0.1) is 5.39 Å². The lowest BCUT2D eigenvalue weighted by molar-refractivity contribution is -0.689. The zero-order chi connectivity index (χ0) is 13.1.